The highest BCUT2D eigenvalue weighted by molar-refractivity contribution is 7.99. The van der Waals surface area contributed by atoms with Crippen LogP contribution in [0.2, 0.25) is 0 Å². The largest absolute Gasteiger partial charge is 0.490 e. The Balaban J connectivity index is 2.29. The van der Waals surface area contributed by atoms with E-state index in [1.807, 2.05) is 6.92 Å². The number of halogens is 2. The van der Waals surface area contributed by atoms with Gasteiger partial charge >= 0.3 is 0 Å². The van der Waals surface area contributed by atoms with E-state index in [-0.39, 0.29) is 17.3 Å². The van der Waals surface area contributed by atoms with Crippen LogP contribution < -0.4 is 10.5 Å². The fraction of sp³-hybridized carbons (Fsp3) is 0.200. The molecule has 0 aliphatic heterocycles. The molecule has 0 fully saturated rings. The minimum atomic E-state index is -0.506. The molecule has 2 nitrogen and oxygen atoms in total. The lowest BCUT2D eigenvalue weighted by molar-refractivity contribution is 0.300. The maximum Gasteiger partial charge on any atom is 0.167 e. The molecule has 0 bridgehead atoms. The first-order valence-corrected chi connectivity index (χ1v) is 7.07. The molecule has 0 aromatic heterocycles. The predicted octanol–water partition coefficient (Wildman–Crippen LogP) is 4.49. The molecule has 5 heteroatoms. The maximum absolute atomic E-state index is 13.7. The zero-order valence-corrected chi connectivity index (χ0v) is 11.8. The quantitative estimate of drug-likeness (QED) is 0.826. The molecule has 0 atom stereocenters. The van der Waals surface area contributed by atoms with Crippen molar-refractivity contribution in [2.75, 3.05) is 12.3 Å². The van der Waals surface area contributed by atoms with Crippen molar-refractivity contribution in [3.05, 3.63) is 48.0 Å². The fourth-order valence-electron chi connectivity index (χ4n) is 1.61. The van der Waals surface area contributed by atoms with Crippen molar-refractivity contribution in [3.8, 4) is 5.75 Å². The second-order valence-electron chi connectivity index (χ2n) is 4.20. The average Bonchev–Trinajstić information content (AvgIpc) is 2.43. The third-order valence-corrected chi connectivity index (χ3v) is 3.71. The summed E-state index contributed by atoms with van der Waals surface area (Å²) in [6.07, 6.45) is 0.777. The van der Waals surface area contributed by atoms with Crippen LogP contribution in [0.1, 0.15) is 13.3 Å². The summed E-state index contributed by atoms with van der Waals surface area (Å²) >= 11 is 1.15. The van der Waals surface area contributed by atoms with E-state index >= 15 is 0 Å². The van der Waals surface area contributed by atoms with Gasteiger partial charge in [0.2, 0.25) is 0 Å². The van der Waals surface area contributed by atoms with Crippen molar-refractivity contribution < 1.29 is 13.5 Å². The van der Waals surface area contributed by atoms with E-state index in [2.05, 4.69) is 0 Å². The van der Waals surface area contributed by atoms with Crippen LogP contribution in [0, 0.1) is 11.6 Å². The average molecular weight is 295 g/mol. The number of anilines is 1. The van der Waals surface area contributed by atoms with Gasteiger partial charge in [0.05, 0.1) is 6.61 Å². The molecule has 2 aromatic carbocycles. The van der Waals surface area contributed by atoms with Crippen molar-refractivity contribution in [1.29, 1.82) is 0 Å². The fourth-order valence-corrected chi connectivity index (χ4v) is 2.50. The van der Waals surface area contributed by atoms with Gasteiger partial charge in [-0.3, -0.25) is 0 Å². The molecule has 0 saturated carbocycles. The third-order valence-electron chi connectivity index (χ3n) is 2.58. The third kappa shape index (κ3) is 3.42. The van der Waals surface area contributed by atoms with Crippen LogP contribution in [-0.2, 0) is 0 Å². The maximum atomic E-state index is 13.7. The normalized spacial score (nSPS) is 10.6. The van der Waals surface area contributed by atoms with Crippen LogP contribution in [-0.4, -0.2) is 6.61 Å². The van der Waals surface area contributed by atoms with Gasteiger partial charge in [0.1, 0.15) is 5.82 Å². The minimum Gasteiger partial charge on any atom is -0.490 e. The minimum absolute atomic E-state index is 0.139. The zero-order chi connectivity index (χ0) is 14.5. The van der Waals surface area contributed by atoms with E-state index in [0.29, 0.717) is 16.4 Å². The molecule has 0 unspecified atom stereocenters. The standard InChI is InChI=1S/C15H15F2NOS/c1-2-7-19-13-9-15(12(18)8-11(13)17)20-14-6-4-3-5-10(14)16/h3-6,8-9H,2,7,18H2,1H3. The van der Waals surface area contributed by atoms with Gasteiger partial charge in [-0.2, -0.15) is 0 Å². The van der Waals surface area contributed by atoms with Crippen LogP contribution in [0.4, 0.5) is 14.5 Å². The number of rotatable bonds is 5. The summed E-state index contributed by atoms with van der Waals surface area (Å²) < 4.78 is 32.6. The Labute approximate surface area is 120 Å². The van der Waals surface area contributed by atoms with E-state index < -0.39 is 5.82 Å². The van der Waals surface area contributed by atoms with Crippen molar-refractivity contribution in [1.82, 2.24) is 0 Å². The summed E-state index contributed by atoms with van der Waals surface area (Å²) in [5.74, 6) is -0.703. The summed E-state index contributed by atoms with van der Waals surface area (Å²) in [5.41, 5.74) is 6.04. The predicted molar refractivity (Wildman–Crippen MR) is 77.1 cm³/mol. The molecule has 0 aliphatic carbocycles. The first-order valence-electron chi connectivity index (χ1n) is 6.26. The molecular formula is C15H15F2NOS. The Kier molecular flexibility index (Phi) is 4.84. The van der Waals surface area contributed by atoms with Crippen molar-refractivity contribution in [3.63, 3.8) is 0 Å². The van der Waals surface area contributed by atoms with E-state index in [1.165, 1.54) is 18.2 Å². The van der Waals surface area contributed by atoms with Gasteiger partial charge in [-0.1, -0.05) is 30.8 Å². The Morgan fingerprint density at radius 3 is 2.55 bits per heavy atom. The van der Waals surface area contributed by atoms with Crippen LogP contribution in [0.3, 0.4) is 0 Å². The van der Waals surface area contributed by atoms with Gasteiger partial charge in [-0.15, -0.1) is 0 Å². The number of hydrogen-bond acceptors (Lipinski definition) is 3. The van der Waals surface area contributed by atoms with E-state index in [0.717, 1.165) is 18.2 Å². The molecule has 0 radical (unpaired) electrons. The molecule has 0 heterocycles. The number of nitrogens with two attached hydrogens (primary N) is 1. The molecular weight excluding hydrogens is 280 g/mol. The molecule has 2 aromatic rings. The van der Waals surface area contributed by atoms with Gasteiger partial charge < -0.3 is 10.5 Å². The molecule has 0 saturated heterocycles. The van der Waals surface area contributed by atoms with E-state index in [1.54, 1.807) is 18.2 Å². The van der Waals surface area contributed by atoms with Crippen LogP contribution >= 0.6 is 11.8 Å². The summed E-state index contributed by atoms with van der Waals surface area (Å²) in [6, 6.07) is 9.08. The van der Waals surface area contributed by atoms with Gasteiger partial charge in [-0.05, 0) is 24.6 Å². The Bertz CT molecular complexity index is 604. The van der Waals surface area contributed by atoms with Crippen molar-refractivity contribution >= 4 is 17.4 Å². The number of benzene rings is 2. The Morgan fingerprint density at radius 1 is 1.10 bits per heavy atom. The van der Waals surface area contributed by atoms with E-state index in [4.69, 9.17) is 10.5 Å². The summed E-state index contributed by atoms with van der Waals surface area (Å²) in [7, 11) is 0. The molecule has 106 valence electrons. The number of nitrogen functional groups attached to an aromatic ring is 1. The molecule has 0 spiro atoms. The van der Waals surface area contributed by atoms with Crippen molar-refractivity contribution in [2.24, 2.45) is 0 Å². The van der Waals surface area contributed by atoms with Gasteiger partial charge in [0.15, 0.2) is 11.6 Å². The lowest BCUT2D eigenvalue weighted by atomic mass is 10.3. The highest BCUT2D eigenvalue weighted by Gasteiger charge is 2.12. The highest BCUT2D eigenvalue weighted by atomic mass is 32.2. The first kappa shape index (κ1) is 14.7. The topological polar surface area (TPSA) is 35.2 Å². The highest BCUT2D eigenvalue weighted by Crippen LogP contribution is 2.37. The molecule has 0 aliphatic rings. The Morgan fingerprint density at radius 2 is 1.85 bits per heavy atom. The smallest absolute Gasteiger partial charge is 0.167 e. The second kappa shape index (κ2) is 6.61. The summed E-state index contributed by atoms with van der Waals surface area (Å²) in [5, 5.41) is 0. The van der Waals surface area contributed by atoms with Crippen molar-refractivity contribution in [2.45, 2.75) is 23.1 Å². The molecule has 20 heavy (non-hydrogen) atoms. The SMILES string of the molecule is CCCOc1cc(Sc2ccccc2F)c(N)cc1F. The number of ether oxygens (including phenoxy) is 1. The van der Waals surface area contributed by atoms with E-state index in [9.17, 15) is 8.78 Å². The lowest BCUT2D eigenvalue weighted by Crippen LogP contribution is -1.99. The molecule has 2 N–H and O–H groups in total. The second-order valence-corrected chi connectivity index (χ2v) is 5.29. The van der Waals surface area contributed by atoms with Gasteiger partial charge in [-0.25, -0.2) is 8.78 Å². The van der Waals surface area contributed by atoms with Crippen LogP contribution in [0.5, 0.6) is 5.75 Å². The van der Waals surface area contributed by atoms with Crippen LogP contribution in [0.25, 0.3) is 0 Å². The number of hydrogen-bond donors (Lipinski definition) is 1. The first-order chi connectivity index (χ1) is 9.61. The van der Waals surface area contributed by atoms with Gasteiger partial charge in [0, 0.05) is 21.5 Å². The summed E-state index contributed by atoms with van der Waals surface area (Å²) in [4.78, 5) is 1.01. The lowest BCUT2D eigenvalue weighted by Gasteiger charge is -2.11. The molecule has 0 amide bonds. The van der Waals surface area contributed by atoms with Gasteiger partial charge in [0.25, 0.3) is 0 Å². The zero-order valence-electron chi connectivity index (χ0n) is 11.0. The Hall–Kier alpha value is -1.75. The summed E-state index contributed by atoms with van der Waals surface area (Å²) in [6.45, 7) is 2.36. The monoisotopic (exact) mass is 295 g/mol. The molecule has 2 rings (SSSR count). The van der Waals surface area contributed by atoms with Crippen LogP contribution in [0.15, 0.2) is 46.2 Å².